The molecule has 29 heavy (non-hydrogen) atoms. The average Bonchev–Trinajstić information content (AvgIpc) is 3.27. The molecule has 0 spiro atoms. The van der Waals surface area contributed by atoms with E-state index in [1.54, 1.807) is 11.6 Å². The van der Waals surface area contributed by atoms with Gasteiger partial charge in [-0.3, -0.25) is 9.69 Å². The van der Waals surface area contributed by atoms with Crippen molar-refractivity contribution in [1.29, 1.82) is 0 Å². The van der Waals surface area contributed by atoms with Gasteiger partial charge < -0.3 is 5.32 Å². The van der Waals surface area contributed by atoms with Crippen molar-refractivity contribution in [3.63, 3.8) is 0 Å². The van der Waals surface area contributed by atoms with Crippen molar-refractivity contribution in [3.05, 3.63) is 73.1 Å². The molecule has 0 saturated heterocycles. The molecule has 0 fully saturated rings. The first-order valence-electron chi connectivity index (χ1n) is 9.55. The molecule has 1 N–H and O–H groups in total. The van der Waals surface area contributed by atoms with Crippen molar-refractivity contribution in [2.45, 2.75) is 26.4 Å². The predicted molar refractivity (Wildman–Crippen MR) is 118 cm³/mol. The third-order valence-corrected chi connectivity index (χ3v) is 6.95. The zero-order valence-electron chi connectivity index (χ0n) is 16.1. The van der Waals surface area contributed by atoms with E-state index in [0.29, 0.717) is 34.5 Å². The van der Waals surface area contributed by atoms with Crippen LogP contribution in [0.25, 0.3) is 0 Å². The number of halogens is 2. The van der Waals surface area contributed by atoms with Gasteiger partial charge in [-0.15, -0.1) is 11.3 Å². The van der Waals surface area contributed by atoms with Gasteiger partial charge in [0.1, 0.15) is 5.15 Å². The van der Waals surface area contributed by atoms with E-state index in [1.807, 2.05) is 35.6 Å². The summed E-state index contributed by atoms with van der Waals surface area (Å²) in [6.45, 7) is 5.58. The Morgan fingerprint density at radius 1 is 1.28 bits per heavy atom. The maximum Gasteiger partial charge on any atom is 0.256 e. The van der Waals surface area contributed by atoms with Crippen molar-refractivity contribution in [3.8, 4) is 0 Å². The molecule has 3 aromatic rings. The standard InChI is InChI=1S/C21H22Cl2N4OS/c1-14-19(20(23)27(25-14)13-15-4-2-3-5-17(15)22)21(28)24-8-10-26-9-6-18-16(12-26)7-11-29-18/h2-5,7,11H,6,8-10,12-13H2,1H3,(H,24,28). The Morgan fingerprint density at radius 2 is 2.10 bits per heavy atom. The first-order chi connectivity index (χ1) is 14.0. The zero-order valence-corrected chi connectivity index (χ0v) is 18.4. The van der Waals surface area contributed by atoms with Crippen LogP contribution in [0.1, 0.15) is 32.1 Å². The molecule has 0 atom stereocenters. The first-order valence-corrected chi connectivity index (χ1v) is 11.2. The van der Waals surface area contributed by atoms with Crippen LogP contribution in [-0.2, 0) is 19.5 Å². The fourth-order valence-electron chi connectivity index (χ4n) is 3.62. The number of hydrogen-bond donors (Lipinski definition) is 1. The molecule has 3 heterocycles. The third-order valence-electron chi connectivity index (χ3n) is 5.17. The van der Waals surface area contributed by atoms with E-state index < -0.39 is 0 Å². The maximum atomic E-state index is 12.7. The minimum atomic E-state index is -0.189. The molecule has 0 aliphatic carbocycles. The third kappa shape index (κ3) is 4.51. The summed E-state index contributed by atoms with van der Waals surface area (Å²) in [5.74, 6) is -0.189. The molecule has 0 radical (unpaired) electrons. The number of thiophene rings is 1. The normalized spacial score (nSPS) is 14.0. The molecule has 8 heteroatoms. The molecule has 1 aromatic carbocycles. The molecule has 1 amide bonds. The molecule has 2 aromatic heterocycles. The minimum absolute atomic E-state index is 0.189. The lowest BCUT2D eigenvalue weighted by Gasteiger charge is -2.26. The van der Waals surface area contributed by atoms with Crippen LogP contribution < -0.4 is 5.32 Å². The summed E-state index contributed by atoms with van der Waals surface area (Å²) < 4.78 is 1.62. The van der Waals surface area contributed by atoms with Crippen molar-refractivity contribution < 1.29 is 4.79 Å². The Morgan fingerprint density at radius 3 is 2.93 bits per heavy atom. The number of nitrogens with zero attached hydrogens (tertiary/aromatic N) is 3. The van der Waals surface area contributed by atoms with Crippen LogP contribution in [0.5, 0.6) is 0 Å². The van der Waals surface area contributed by atoms with Gasteiger partial charge in [0, 0.05) is 36.1 Å². The minimum Gasteiger partial charge on any atom is -0.351 e. The number of nitrogens with one attached hydrogen (secondary N) is 1. The van der Waals surface area contributed by atoms with Crippen LogP contribution in [0.2, 0.25) is 10.2 Å². The van der Waals surface area contributed by atoms with Crippen molar-refractivity contribution in [2.24, 2.45) is 0 Å². The number of hydrogen-bond acceptors (Lipinski definition) is 4. The molecule has 0 saturated carbocycles. The molecular weight excluding hydrogens is 427 g/mol. The second-order valence-electron chi connectivity index (χ2n) is 7.15. The van der Waals surface area contributed by atoms with E-state index in [2.05, 4.69) is 26.8 Å². The zero-order chi connectivity index (χ0) is 20.4. The van der Waals surface area contributed by atoms with Crippen LogP contribution in [0.3, 0.4) is 0 Å². The van der Waals surface area contributed by atoms with Gasteiger partial charge in [0.25, 0.3) is 5.91 Å². The number of benzene rings is 1. The lowest BCUT2D eigenvalue weighted by molar-refractivity contribution is 0.0947. The number of rotatable bonds is 6. The Kier molecular flexibility index (Phi) is 6.25. The maximum absolute atomic E-state index is 12.7. The molecule has 0 unspecified atom stereocenters. The monoisotopic (exact) mass is 448 g/mol. The summed E-state index contributed by atoms with van der Waals surface area (Å²) in [6.07, 6.45) is 1.08. The lowest BCUT2D eigenvalue weighted by atomic mass is 10.1. The molecular formula is C21H22Cl2N4OS. The van der Waals surface area contributed by atoms with Crippen LogP contribution >= 0.6 is 34.5 Å². The molecule has 1 aliphatic heterocycles. The molecule has 4 rings (SSSR count). The van der Waals surface area contributed by atoms with Crippen LogP contribution in [0.4, 0.5) is 0 Å². The van der Waals surface area contributed by atoms with Gasteiger partial charge in [0.05, 0.1) is 17.8 Å². The Labute approximate surface area is 184 Å². The van der Waals surface area contributed by atoms with Gasteiger partial charge in [-0.1, -0.05) is 41.4 Å². The number of carbonyl (C=O) groups is 1. The summed E-state index contributed by atoms with van der Waals surface area (Å²) in [4.78, 5) is 16.6. The Bertz CT molecular complexity index is 1030. The molecule has 152 valence electrons. The van der Waals surface area contributed by atoms with E-state index in [9.17, 15) is 4.79 Å². The summed E-state index contributed by atoms with van der Waals surface area (Å²) in [7, 11) is 0. The number of aryl methyl sites for hydroxylation is 1. The highest BCUT2D eigenvalue weighted by Crippen LogP contribution is 2.24. The molecule has 0 bridgehead atoms. The van der Waals surface area contributed by atoms with Crippen LogP contribution in [-0.4, -0.2) is 40.2 Å². The van der Waals surface area contributed by atoms with E-state index in [1.165, 1.54) is 10.4 Å². The molecule has 5 nitrogen and oxygen atoms in total. The van der Waals surface area contributed by atoms with E-state index in [4.69, 9.17) is 23.2 Å². The van der Waals surface area contributed by atoms with Gasteiger partial charge in [0.2, 0.25) is 0 Å². The van der Waals surface area contributed by atoms with E-state index in [-0.39, 0.29) is 5.91 Å². The van der Waals surface area contributed by atoms with Gasteiger partial charge in [-0.05, 0) is 42.0 Å². The van der Waals surface area contributed by atoms with Crippen molar-refractivity contribution in [1.82, 2.24) is 20.0 Å². The van der Waals surface area contributed by atoms with Gasteiger partial charge in [-0.2, -0.15) is 5.10 Å². The number of carbonyl (C=O) groups excluding carboxylic acids is 1. The van der Waals surface area contributed by atoms with Gasteiger partial charge >= 0.3 is 0 Å². The predicted octanol–water partition coefficient (Wildman–Crippen LogP) is 4.40. The van der Waals surface area contributed by atoms with Crippen molar-refractivity contribution in [2.75, 3.05) is 19.6 Å². The van der Waals surface area contributed by atoms with E-state index in [0.717, 1.165) is 31.6 Å². The number of amides is 1. The van der Waals surface area contributed by atoms with Gasteiger partial charge in [0.15, 0.2) is 0 Å². The SMILES string of the molecule is Cc1nn(Cc2ccccc2Cl)c(Cl)c1C(=O)NCCN1CCc2sccc2C1. The van der Waals surface area contributed by atoms with Crippen molar-refractivity contribution >= 4 is 40.4 Å². The number of fused-ring (bicyclic) bond motifs is 1. The molecule has 1 aliphatic rings. The fourth-order valence-corrected chi connectivity index (χ4v) is 5.02. The average molecular weight is 449 g/mol. The highest BCUT2D eigenvalue weighted by atomic mass is 35.5. The summed E-state index contributed by atoms with van der Waals surface area (Å²) in [5, 5.41) is 10.6. The van der Waals surface area contributed by atoms with Gasteiger partial charge in [-0.25, -0.2) is 4.68 Å². The fraction of sp³-hybridized carbons (Fsp3) is 0.333. The second kappa shape index (κ2) is 8.88. The lowest BCUT2D eigenvalue weighted by Crippen LogP contribution is -2.37. The van der Waals surface area contributed by atoms with E-state index >= 15 is 0 Å². The van der Waals surface area contributed by atoms with Crippen LogP contribution in [0, 0.1) is 6.92 Å². The highest BCUT2D eigenvalue weighted by molar-refractivity contribution is 7.10. The summed E-state index contributed by atoms with van der Waals surface area (Å²) in [5.41, 5.74) is 3.36. The summed E-state index contributed by atoms with van der Waals surface area (Å²) in [6, 6.07) is 9.74. The quantitative estimate of drug-likeness (QED) is 0.607. The summed E-state index contributed by atoms with van der Waals surface area (Å²) >= 11 is 14.6. The topological polar surface area (TPSA) is 50.2 Å². The highest BCUT2D eigenvalue weighted by Gasteiger charge is 2.21. The second-order valence-corrected chi connectivity index (χ2v) is 8.92. The Balaban J connectivity index is 1.36. The van der Waals surface area contributed by atoms with Crippen LogP contribution in [0.15, 0.2) is 35.7 Å². The Hall–Kier alpha value is -1.86. The first kappa shape index (κ1) is 20.4. The smallest absolute Gasteiger partial charge is 0.256 e. The largest absolute Gasteiger partial charge is 0.351 e. The number of aromatic nitrogens is 2.